The molecule has 0 aromatic heterocycles. The first-order valence-corrected chi connectivity index (χ1v) is 10.1. The zero-order valence-corrected chi connectivity index (χ0v) is 14.8. The van der Waals surface area contributed by atoms with Crippen molar-refractivity contribution in [2.75, 3.05) is 12.4 Å². The van der Waals surface area contributed by atoms with Gasteiger partial charge in [0.1, 0.15) is 10.1 Å². The Hall–Kier alpha value is -1.74. The Balaban J connectivity index is 0.000000243. The molecule has 24 heavy (non-hydrogen) atoms. The summed E-state index contributed by atoms with van der Waals surface area (Å²) in [7, 11) is -7.45. The van der Waals surface area contributed by atoms with Gasteiger partial charge in [-0.2, -0.15) is 0 Å². The molecule has 0 aliphatic rings. The van der Waals surface area contributed by atoms with E-state index in [0.29, 0.717) is 4.90 Å². The van der Waals surface area contributed by atoms with Gasteiger partial charge >= 0.3 is 0 Å². The quantitative estimate of drug-likeness (QED) is 0.801. The number of benzene rings is 2. The fraction of sp³-hybridized carbons (Fsp3) is 0.250. The van der Waals surface area contributed by atoms with Crippen LogP contribution in [-0.2, 0) is 20.0 Å². The third-order valence-electron chi connectivity index (χ3n) is 2.98. The van der Waals surface area contributed by atoms with Gasteiger partial charge in [0.2, 0.25) is 0 Å². The van der Waals surface area contributed by atoms with Gasteiger partial charge in [-0.25, -0.2) is 16.8 Å². The van der Waals surface area contributed by atoms with Gasteiger partial charge in [-0.3, -0.25) is 0 Å². The lowest BCUT2D eigenvalue weighted by Gasteiger charge is -2.05. The van der Waals surface area contributed by atoms with Crippen molar-refractivity contribution in [3.05, 3.63) is 60.2 Å². The molecule has 0 atom stereocenters. The second-order valence-electron chi connectivity index (χ2n) is 4.98. The molecule has 0 spiro atoms. The van der Waals surface area contributed by atoms with E-state index in [1.54, 1.807) is 42.5 Å². The van der Waals surface area contributed by atoms with Gasteiger partial charge in [0, 0.05) is 6.61 Å². The zero-order valence-electron chi connectivity index (χ0n) is 13.1. The summed E-state index contributed by atoms with van der Waals surface area (Å²) in [6.45, 7) is 1.73. The van der Waals surface area contributed by atoms with Crippen LogP contribution in [-0.4, -0.2) is 38.9 Å². The van der Waals surface area contributed by atoms with Crippen molar-refractivity contribution in [3.63, 3.8) is 0 Å². The van der Waals surface area contributed by atoms with Gasteiger partial charge in [0.05, 0.1) is 15.5 Å². The molecule has 8 heteroatoms. The highest BCUT2D eigenvalue weighted by atomic mass is 32.2. The predicted molar refractivity (Wildman–Crippen MR) is 89.3 cm³/mol. The molecule has 0 aliphatic heterocycles. The third kappa shape index (κ3) is 6.79. The summed E-state index contributed by atoms with van der Waals surface area (Å²) in [6.07, 6.45) is 0.289. The lowest BCUT2D eigenvalue weighted by atomic mass is 10.2. The van der Waals surface area contributed by atoms with Gasteiger partial charge in [-0.05, 0) is 37.6 Å². The van der Waals surface area contributed by atoms with Crippen LogP contribution in [0, 0.1) is 6.92 Å². The maximum Gasteiger partial charge on any atom is 0.178 e. The first-order valence-electron chi connectivity index (χ1n) is 7.08. The molecule has 2 rings (SSSR count). The van der Waals surface area contributed by atoms with E-state index in [4.69, 9.17) is 5.11 Å². The molecular formula is C16H19O6S2-. The molecule has 0 amide bonds. The number of sulfone groups is 1. The van der Waals surface area contributed by atoms with Crippen LogP contribution in [0.5, 0.6) is 0 Å². The van der Waals surface area contributed by atoms with E-state index in [0.717, 1.165) is 5.56 Å². The maximum absolute atomic E-state index is 11.5. The highest BCUT2D eigenvalue weighted by Gasteiger charge is 2.12. The molecule has 2 aromatic rings. The zero-order chi connectivity index (χ0) is 18.2. The van der Waals surface area contributed by atoms with E-state index < -0.39 is 20.0 Å². The van der Waals surface area contributed by atoms with Crippen LogP contribution in [0.15, 0.2) is 64.4 Å². The van der Waals surface area contributed by atoms with E-state index >= 15 is 0 Å². The lowest BCUT2D eigenvalue weighted by molar-refractivity contribution is 0.295. The van der Waals surface area contributed by atoms with Crippen LogP contribution < -0.4 is 0 Å². The molecule has 0 fully saturated rings. The predicted octanol–water partition coefficient (Wildman–Crippen LogP) is 1.74. The van der Waals surface area contributed by atoms with Crippen LogP contribution in [0.3, 0.4) is 0 Å². The Morgan fingerprint density at radius 1 is 0.875 bits per heavy atom. The molecular weight excluding hydrogens is 352 g/mol. The van der Waals surface area contributed by atoms with Crippen LogP contribution in [0.25, 0.3) is 0 Å². The summed E-state index contributed by atoms with van der Waals surface area (Å²) in [6, 6.07) is 14.0. The van der Waals surface area contributed by atoms with Gasteiger partial charge in [0.25, 0.3) is 0 Å². The van der Waals surface area contributed by atoms with Crippen molar-refractivity contribution in [3.8, 4) is 0 Å². The van der Waals surface area contributed by atoms with Gasteiger partial charge in [-0.1, -0.05) is 35.9 Å². The van der Waals surface area contributed by atoms with Crippen molar-refractivity contribution in [2.24, 2.45) is 0 Å². The minimum absolute atomic E-state index is 0.00745. The lowest BCUT2D eigenvalue weighted by Crippen LogP contribution is -2.07. The van der Waals surface area contributed by atoms with Gasteiger partial charge in [0.15, 0.2) is 9.84 Å². The second kappa shape index (κ2) is 8.93. The topological polar surface area (TPSA) is 112 Å². The van der Waals surface area contributed by atoms with Crippen LogP contribution in [0.2, 0.25) is 0 Å². The first-order chi connectivity index (χ1) is 11.2. The maximum atomic E-state index is 11.5. The van der Waals surface area contributed by atoms with E-state index in [-0.39, 0.29) is 23.7 Å². The molecule has 2 aromatic carbocycles. The second-order valence-corrected chi connectivity index (χ2v) is 8.47. The van der Waals surface area contributed by atoms with E-state index in [1.807, 2.05) is 6.92 Å². The monoisotopic (exact) mass is 371 g/mol. The summed E-state index contributed by atoms with van der Waals surface area (Å²) in [5, 5.41) is 8.51. The summed E-state index contributed by atoms with van der Waals surface area (Å²) in [4.78, 5) is 0.145. The molecule has 132 valence electrons. The van der Waals surface area contributed by atoms with Crippen molar-refractivity contribution >= 4 is 20.0 Å². The molecule has 6 nitrogen and oxygen atoms in total. The minimum atomic E-state index is -4.27. The number of hydrogen-bond donors (Lipinski definition) is 1. The van der Waals surface area contributed by atoms with Crippen LogP contribution >= 0.6 is 0 Å². The highest BCUT2D eigenvalue weighted by Crippen LogP contribution is 2.10. The largest absolute Gasteiger partial charge is 0.744 e. The average Bonchev–Trinajstić information content (AvgIpc) is 2.54. The summed E-state index contributed by atoms with van der Waals surface area (Å²) in [5.41, 5.74) is 0.928. The summed E-state index contributed by atoms with van der Waals surface area (Å²) in [5.74, 6) is 0.00745. The fourth-order valence-electron chi connectivity index (χ4n) is 1.71. The molecule has 0 bridgehead atoms. The van der Waals surface area contributed by atoms with E-state index in [1.165, 1.54) is 12.1 Å². The average molecular weight is 371 g/mol. The van der Waals surface area contributed by atoms with Crippen molar-refractivity contribution in [1.29, 1.82) is 0 Å². The fourth-order valence-corrected chi connectivity index (χ4v) is 3.49. The summed E-state index contributed by atoms with van der Waals surface area (Å²) < 4.78 is 54.1. The smallest absolute Gasteiger partial charge is 0.178 e. The van der Waals surface area contributed by atoms with Crippen molar-refractivity contribution in [2.45, 2.75) is 23.1 Å². The minimum Gasteiger partial charge on any atom is -0.744 e. The Morgan fingerprint density at radius 3 is 1.88 bits per heavy atom. The number of aryl methyl sites for hydroxylation is 1. The Bertz CT molecular complexity index is 826. The number of hydrogen-bond acceptors (Lipinski definition) is 6. The Kier molecular flexibility index (Phi) is 7.56. The summed E-state index contributed by atoms with van der Waals surface area (Å²) >= 11 is 0. The van der Waals surface area contributed by atoms with Crippen molar-refractivity contribution in [1.82, 2.24) is 0 Å². The molecule has 1 N–H and O–H groups in total. The number of aliphatic hydroxyl groups is 1. The van der Waals surface area contributed by atoms with E-state index in [2.05, 4.69) is 0 Å². The SMILES string of the molecule is Cc1ccc(S(=O)(=O)[O-])cc1.O=S(=O)(CCCO)c1ccccc1. The molecule has 0 heterocycles. The number of rotatable bonds is 5. The van der Waals surface area contributed by atoms with Crippen LogP contribution in [0.1, 0.15) is 12.0 Å². The van der Waals surface area contributed by atoms with Crippen LogP contribution in [0.4, 0.5) is 0 Å². The normalized spacial score (nSPS) is 11.5. The Morgan fingerprint density at radius 2 is 1.42 bits per heavy atom. The number of aliphatic hydroxyl groups excluding tert-OH is 1. The third-order valence-corrected chi connectivity index (χ3v) is 5.65. The van der Waals surface area contributed by atoms with Gasteiger partial charge < -0.3 is 9.66 Å². The van der Waals surface area contributed by atoms with Crippen molar-refractivity contribution < 1.29 is 26.5 Å². The molecule has 0 saturated carbocycles. The first kappa shape index (κ1) is 20.3. The van der Waals surface area contributed by atoms with E-state index in [9.17, 15) is 21.4 Å². The molecule has 0 aliphatic carbocycles. The van der Waals surface area contributed by atoms with Gasteiger partial charge in [-0.15, -0.1) is 0 Å². The molecule has 0 radical (unpaired) electrons. The molecule has 0 saturated heterocycles. The Labute approximate surface area is 142 Å². The standard InChI is InChI=1S/C9H12O3S.C7H8O3S/c10-7-4-8-13(11,12)9-5-2-1-3-6-9;1-6-2-4-7(5-3-6)11(8,9)10/h1-3,5-6,10H,4,7-8H2;2-5H,1H3,(H,8,9,10)/p-1. The highest BCUT2D eigenvalue weighted by molar-refractivity contribution is 7.91. The molecule has 0 unspecified atom stereocenters.